The first-order valence-electron chi connectivity index (χ1n) is 7.21. The van der Waals surface area contributed by atoms with Crippen LogP contribution >= 0.6 is 24.2 Å². The fourth-order valence-corrected chi connectivity index (χ4v) is 2.95. The molecule has 0 saturated heterocycles. The summed E-state index contributed by atoms with van der Waals surface area (Å²) in [6, 6.07) is 18.5. The number of halogens is 1. The van der Waals surface area contributed by atoms with E-state index in [-0.39, 0.29) is 16.2 Å². The minimum absolute atomic E-state index is 0.103. The first-order chi connectivity index (χ1) is 12.0. The predicted octanol–water partition coefficient (Wildman–Crippen LogP) is 4.39. The number of hydrogen-bond donors (Lipinski definition) is 2. The maximum absolute atomic E-state index is 12.0. The fraction of sp³-hybridized carbons (Fsp3) is 0. The second-order valence-corrected chi connectivity index (χ2v) is 6.12. The molecule has 1 heterocycles. The molecular formula is C19H10ClN3OS. The SMILES string of the molecule is N#Cc1c(S)[nH]c(=O)c(C#N)c1-c1ccc(-c2ccc(Cl)cc2)cc1. The maximum atomic E-state index is 12.0. The molecule has 1 N–H and O–H groups in total. The first kappa shape index (κ1) is 16.9. The molecule has 0 radical (unpaired) electrons. The second kappa shape index (κ2) is 6.86. The third kappa shape index (κ3) is 3.16. The van der Waals surface area contributed by atoms with E-state index in [1.165, 1.54) is 0 Å². The van der Waals surface area contributed by atoms with Gasteiger partial charge in [-0.2, -0.15) is 10.5 Å². The molecule has 0 aliphatic rings. The molecule has 0 fully saturated rings. The number of H-pyrrole nitrogens is 1. The zero-order valence-electron chi connectivity index (χ0n) is 12.7. The van der Waals surface area contributed by atoms with Crippen LogP contribution in [-0.2, 0) is 0 Å². The molecule has 120 valence electrons. The standard InChI is InChI=1S/C19H10ClN3OS/c20-14-7-5-12(6-8-14)11-1-3-13(4-2-11)17-15(9-21)18(24)23-19(25)16(17)10-22/h1-8H,(H2,23,24,25). The summed E-state index contributed by atoms with van der Waals surface area (Å²) in [6.07, 6.45) is 0. The fourth-order valence-electron chi connectivity index (χ4n) is 2.57. The number of rotatable bonds is 2. The summed E-state index contributed by atoms with van der Waals surface area (Å²) in [6.45, 7) is 0. The molecule has 0 aliphatic heterocycles. The first-order valence-corrected chi connectivity index (χ1v) is 8.03. The zero-order chi connectivity index (χ0) is 18.0. The van der Waals surface area contributed by atoms with Gasteiger partial charge in [-0.1, -0.05) is 48.0 Å². The molecule has 2 aromatic carbocycles. The van der Waals surface area contributed by atoms with Crippen molar-refractivity contribution < 1.29 is 0 Å². The van der Waals surface area contributed by atoms with Crippen LogP contribution in [0.2, 0.25) is 5.02 Å². The lowest BCUT2D eigenvalue weighted by atomic mass is 9.95. The smallest absolute Gasteiger partial charge is 0.267 e. The van der Waals surface area contributed by atoms with Crippen molar-refractivity contribution in [3.8, 4) is 34.4 Å². The van der Waals surface area contributed by atoms with Crippen molar-refractivity contribution >= 4 is 24.2 Å². The van der Waals surface area contributed by atoms with Crippen molar-refractivity contribution in [1.82, 2.24) is 4.98 Å². The lowest BCUT2D eigenvalue weighted by molar-refractivity contribution is 1.06. The van der Waals surface area contributed by atoms with Gasteiger partial charge in [0.15, 0.2) is 0 Å². The Labute approximate surface area is 154 Å². The Balaban J connectivity index is 2.16. The predicted molar refractivity (Wildman–Crippen MR) is 99.6 cm³/mol. The molecule has 0 unspecified atom stereocenters. The molecule has 0 atom stereocenters. The van der Waals surface area contributed by atoms with Gasteiger partial charge in [-0.3, -0.25) is 4.79 Å². The van der Waals surface area contributed by atoms with Crippen LogP contribution in [-0.4, -0.2) is 4.98 Å². The summed E-state index contributed by atoms with van der Waals surface area (Å²) in [7, 11) is 0. The van der Waals surface area contributed by atoms with Crippen molar-refractivity contribution in [3.05, 3.63) is 75.0 Å². The van der Waals surface area contributed by atoms with E-state index >= 15 is 0 Å². The maximum Gasteiger partial charge on any atom is 0.267 e. The average molecular weight is 364 g/mol. The monoisotopic (exact) mass is 363 g/mol. The highest BCUT2D eigenvalue weighted by Crippen LogP contribution is 2.30. The normalized spacial score (nSPS) is 10.1. The van der Waals surface area contributed by atoms with Crippen LogP contribution < -0.4 is 5.56 Å². The minimum Gasteiger partial charge on any atom is -0.315 e. The Hall–Kier alpha value is -2.99. The highest BCUT2D eigenvalue weighted by Gasteiger charge is 2.17. The summed E-state index contributed by atoms with van der Waals surface area (Å²) >= 11 is 10.0. The van der Waals surface area contributed by atoms with E-state index < -0.39 is 5.56 Å². The minimum atomic E-state index is -0.566. The van der Waals surface area contributed by atoms with E-state index in [4.69, 9.17) is 11.6 Å². The van der Waals surface area contributed by atoms with Gasteiger partial charge >= 0.3 is 0 Å². The van der Waals surface area contributed by atoms with E-state index in [9.17, 15) is 15.3 Å². The number of nitrogens with zero attached hydrogens (tertiary/aromatic N) is 2. The van der Waals surface area contributed by atoms with Crippen LogP contribution in [0.4, 0.5) is 0 Å². The number of hydrogen-bond acceptors (Lipinski definition) is 4. The third-order valence-electron chi connectivity index (χ3n) is 3.77. The molecule has 3 aromatic rings. The average Bonchev–Trinajstić information content (AvgIpc) is 2.62. The second-order valence-electron chi connectivity index (χ2n) is 5.24. The quantitative estimate of drug-likeness (QED) is 0.662. The van der Waals surface area contributed by atoms with Crippen LogP contribution in [0.15, 0.2) is 58.4 Å². The van der Waals surface area contributed by atoms with E-state index in [0.29, 0.717) is 16.1 Å². The van der Waals surface area contributed by atoms with Crippen LogP contribution in [0.3, 0.4) is 0 Å². The summed E-state index contributed by atoms with van der Waals surface area (Å²) in [5.41, 5.74) is 2.33. The Bertz CT molecular complexity index is 1090. The lowest BCUT2D eigenvalue weighted by Crippen LogP contribution is -2.14. The van der Waals surface area contributed by atoms with Crippen LogP contribution in [0.1, 0.15) is 11.1 Å². The molecular weight excluding hydrogens is 354 g/mol. The van der Waals surface area contributed by atoms with Gasteiger partial charge in [0.05, 0.1) is 10.6 Å². The Kier molecular flexibility index (Phi) is 4.63. The molecule has 0 saturated carbocycles. The molecule has 0 bridgehead atoms. The number of aromatic nitrogens is 1. The number of nitrogens with one attached hydrogen (secondary N) is 1. The van der Waals surface area contributed by atoms with Gasteiger partial charge in [0, 0.05) is 10.6 Å². The number of thiol groups is 1. The summed E-state index contributed by atoms with van der Waals surface area (Å²) < 4.78 is 0. The van der Waals surface area contributed by atoms with Crippen LogP contribution in [0.25, 0.3) is 22.3 Å². The third-order valence-corrected chi connectivity index (χ3v) is 4.36. The molecule has 1 aromatic heterocycles. The zero-order valence-corrected chi connectivity index (χ0v) is 14.4. The topological polar surface area (TPSA) is 80.4 Å². The summed E-state index contributed by atoms with van der Waals surface area (Å²) in [5.74, 6) is 0. The Morgan fingerprint density at radius 3 is 1.84 bits per heavy atom. The van der Waals surface area contributed by atoms with Crippen molar-refractivity contribution in [1.29, 1.82) is 10.5 Å². The van der Waals surface area contributed by atoms with E-state index in [1.807, 2.05) is 36.4 Å². The summed E-state index contributed by atoms with van der Waals surface area (Å²) in [5, 5.41) is 19.5. The molecule has 0 aliphatic carbocycles. The molecule has 4 nitrogen and oxygen atoms in total. The van der Waals surface area contributed by atoms with Crippen molar-refractivity contribution in [2.24, 2.45) is 0 Å². The van der Waals surface area contributed by atoms with Crippen LogP contribution in [0.5, 0.6) is 0 Å². The van der Waals surface area contributed by atoms with Crippen LogP contribution in [0, 0.1) is 22.7 Å². The molecule has 0 spiro atoms. The van der Waals surface area contributed by atoms with Crippen molar-refractivity contribution in [2.45, 2.75) is 5.03 Å². The Morgan fingerprint density at radius 2 is 1.32 bits per heavy atom. The van der Waals surface area contributed by atoms with Gasteiger partial charge in [0.25, 0.3) is 5.56 Å². The van der Waals surface area contributed by atoms with E-state index in [1.54, 1.807) is 24.3 Å². The van der Waals surface area contributed by atoms with Crippen molar-refractivity contribution in [3.63, 3.8) is 0 Å². The molecule has 0 amide bonds. The van der Waals surface area contributed by atoms with Gasteiger partial charge in [-0.25, -0.2) is 0 Å². The molecule has 6 heteroatoms. The van der Waals surface area contributed by atoms with E-state index in [2.05, 4.69) is 17.6 Å². The molecule has 25 heavy (non-hydrogen) atoms. The highest BCUT2D eigenvalue weighted by molar-refractivity contribution is 7.80. The Morgan fingerprint density at radius 1 is 0.840 bits per heavy atom. The lowest BCUT2D eigenvalue weighted by Gasteiger charge is -2.09. The van der Waals surface area contributed by atoms with Crippen molar-refractivity contribution in [2.75, 3.05) is 0 Å². The van der Waals surface area contributed by atoms with Gasteiger partial charge in [0.1, 0.15) is 17.7 Å². The molecule has 3 rings (SSSR count). The number of aromatic amines is 1. The summed E-state index contributed by atoms with van der Waals surface area (Å²) in [4.78, 5) is 14.4. The largest absolute Gasteiger partial charge is 0.315 e. The highest BCUT2D eigenvalue weighted by atomic mass is 35.5. The number of pyridine rings is 1. The number of nitriles is 2. The van der Waals surface area contributed by atoms with Gasteiger partial charge in [0.2, 0.25) is 0 Å². The van der Waals surface area contributed by atoms with E-state index in [0.717, 1.165) is 11.1 Å². The van der Waals surface area contributed by atoms with Gasteiger partial charge < -0.3 is 4.98 Å². The van der Waals surface area contributed by atoms with Gasteiger partial charge in [-0.15, -0.1) is 12.6 Å². The van der Waals surface area contributed by atoms with Gasteiger partial charge in [-0.05, 0) is 28.8 Å². The number of benzene rings is 2.